The number of likely N-dealkylation sites (N-methyl/N-ethyl adjacent to an activating group) is 1. The number of ether oxygens (including phenoxy) is 2. The molecule has 2 heterocycles. The SMILES string of the molecule is CN=C(NCCN(C)CCOC)NCC(c1cccs1)N1CCOCC1.I. The van der Waals surface area contributed by atoms with Gasteiger partial charge >= 0.3 is 0 Å². The van der Waals surface area contributed by atoms with Crippen molar-refractivity contribution in [1.82, 2.24) is 20.4 Å². The summed E-state index contributed by atoms with van der Waals surface area (Å²) >= 11 is 1.81. The summed E-state index contributed by atoms with van der Waals surface area (Å²) in [6, 6.07) is 4.69. The summed E-state index contributed by atoms with van der Waals surface area (Å²) in [5.74, 6) is 0.847. The van der Waals surface area contributed by atoms with Gasteiger partial charge in [0.2, 0.25) is 0 Å². The highest BCUT2D eigenvalue weighted by atomic mass is 127. The number of thiophene rings is 1. The van der Waals surface area contributed by atoms with E-state index >= 15 is 0 Å². The van der Waals surface area contributed by atoms with E-state index in [-0.39, 0.29) is 24.0 Å². The van der Waals surface area contributed by atoms with Crippen molar-refractivity contribution < 1.29 is 9.47 Å². The predicted molar refractivity (Wildman–Crippen MR) is 124 cm³/mol. The van der Waals surface area contributed by atoms with Gasteiger partial charge in [-0.05, 0) is 18.5 Å². The molecule has 2 N–H and O–H groups in total. The maximum Gasteiger partial charge on any atom is 0.191 e. The predicted octanol–water partition coefficient (Wildman–Crippen LogP) is 1.48. The van der Waals surface area contributed by atoms with Gasteiger partial charge in [-0.2, -0.15) is 0 Å². The number of aliphatic imine (C=N–C) groups is 1. The van der Waals surface area contributed by atoms with Crippen LogP contribution in [0.5, 0.6) is 0 Å². The Morgan fingerprint density at radius 1 is 1.37 bits per heavy atom. The molecule has 2 rings (SSSR count). The highest BCUT2D eigenvalue weighted by Crippen LogP contribution is 2.25. The minimum absolute atomic E-state index is 0. The van der Waals surface area contributed by atoms with Crippen molar-refractivity contribution in [1.29, 1.82) is 0 Å². The monoisotopic (exact) mass is 511 g/mol. The molecule has 1 atom stereocenters. The van der Waals surface area contributed by atoms with E-state index in [0.717, 1.165) is 65.0 Å². The molecule has 0 radical (unpaired) electrons. The molecule has 0 saturated carbocycles. The number of rotatable bonds is 10. The quantitative estimate of drug-likeness (QED) is 0.282. The van der Waals surface area contributed by atoms with Gasteiger partial charge in [0.1, 0.15) is 0 Å². The zero-order chi connectivity index (χ0) is 18.6. The summed E-state index contributed by atoms with van der Waals surface area (Å²) in [7, 11) is 5.65. The minimum atomic E-state index is 0. The summed E-state index contributed by atoms with van der Waals surface area (Å²) in [6.45, 7) is 7.88. The summed E-state index contributed by atoms with van der Waals surface area (Å²) in [6.07, 6.45) is 0. The maximum absolute atomic E-state index is 5.51. The molecule has 1 unspecified atom stereocenters. The summed E-state index contributed by atoms with van der Waals surface area (Å²) in [5, 5.41) is 9.03. The molecular weight excluding hydrogens is 477 g/mol. The first kappa shape index (κ1) is 24.6. The second-order valence-electron chi connectivity index (χ2n) is 6.36. The first-order valence-electron chi connectivity index (χ1n) is 9.21. The third kappa shape index (κ3) is 9.05. The van der Waals surface area contributed by atoms with Gasteiger partial charge in [0.15, 0.2) is 5.96 Å². The maximum atomic E-state index is 5.51. The Kier molecular flexibility index (Phi) is 13.2. The van der Waals surface area contributed by atoms with E-state index in [2.05, 4.69) is 50.0 Å². The van der Waals surface area contributed by atoms with E-state index in [0.29, 0.717) is 6.04 Å². The average Bonchev–Trinajstić information content (AvgIpc) is 3.20. The molecule has 7 nitrogen and oxygen atoms in total. The lowest BCUT2D eigenvalue weighted by atomic mass is 10.2. The Morgan fingerprint density at radius 2 is 2.15 bits per heavy atom. The number of nitrogens with zero attached hydrogens (tertiary/aromatic N) is 3. The van der Waals surface area contributed by atoms with Gasteiger partial charge in [-0.3, -0.25) is 9.89 Å². The van der Waals surface area contributed by atoms with Crippen LogP contribution in [0.3, 0.4) is 0 Å². The van der Waals surface area contributed by atoms with E-state index in [1.807, 2.05) is 18.4 Å². The molecule has 0 aliphatic carbocycles. The Balaban J connectivity index is 0.00000364. The molecule has 1 aliphatic rings. The van der Waals surface area contributed by atoms with Crippen molar-refractivity contribution in [2.45, 2.75) is 6.04 Å². The molecule has 1 fully saturated rings. The van der Waals surface area contributed by atoms with Gasteiger partial charge in [-0.1, -0.05) is 6.07 Å². The summed E-state index contributed by atoms with van der Waals surface area (Å²) in [4.78, 5) is 10.5. The third-order valence-corrected chi connectivity index (χ3v) is 5.48. The van der Waals surface area contributed by atoms with Crippen LogP contribution in [-0.2, 0) is 9.47 Å². The molecular formula is C18H34IN5O2S. The molecule has 0 aromatic carbocycles. The van der Waals surface area contributed by atoms with Crippen LogP contribution in [0.25, 0.3) is 0 Å². The van der Waals surface area contributed by atoms with Gasteiger partial charge in [0.25, 0.3) is 0 Å². The van der Waals surface area contributed by atoms with E-state index < -0.39 is 0 Å². The lowest BCUT2D eigenvalue weighted by Gasteiger charge is -2.34. The van der Waals surface area contributed by atoms with Crippen LogP contribution in [0.4, 0.5) is 0 Å². The van der Waals surface area contributed by atoms with Crippen LogP contribution >= 0.6 is 35.3 Å². The number of nitrogens with one attached hydrogen (secondary N) is 2. The Hall–Kier alpha value is -0.460. The highest BCUT2D eigenvalue weighted by molar-refractivity contribution is 14.0. The van der Waals surface area contributed by atoms with E-state index in [9.17, 15) is 0 Å². The van der Waals surface area contributed by atoms with Crippen LogP contribution in [0.2, 0.25) is 0 Å². The zero-order valence-electron chi connectivity index (χ0n) is 16.6. The van der Waals surface area contributed by atoms with Crippen LogP contribution < -0.4 is 10.6 Å². The van der Waals surface area contributed by atoms with Gasteiger partial charge in [-0.25, -0.2) is 0 Å². The van der Waals surface area contributed by atoms with E-state index in [1.165, 1.54) is 4.88 Å². The highest BCUT2D eigenvalue weighted by Gasteiger charge is 2.23. The Labute approximate surface area is 184 Å². The molecule has 156 valence electrons. The molecule has 0 bridgehead atoms. The lowest BCUT2D eigenvalue weighted by molar-refractivity contribution is 0.0177. The molecule has 0 spiro atoms. The average molecular weight is 511 g/mol. The van der Waals surface area contributed by atoms with Gasteiger partial charge in [0.05, 0.1) is 25.9 Å². The molecule has 1 aliphatic heterocycles. The summed E-state index contributed by atoms with van der Waals surface area (Å²) in [5.41, 5.74) is 0. The smallest absolute Gasteiger partial charge is 0.191 e. The van der Waals surface area contributed by atoms with Crippen molar-refractivity contribution in [2.24, 2.45) is 4.99 Å². The van der Waals surface area contributed by atoms with Crippen LogP contribution in [0, 0.1) is 0 Å². The zero-order valence-corrected chi connectivity index (χ0v) is 19.8. The largest absolute Gasteiger partial charge is 0.383 e. The van der Waals surface area contributed by atoms with E-state index in [1.54, 1.807) is 7.11 Å². The van der Waals surface area contributed by atoms with Crippen molar-refractivity contribution in [3.63, 3.8) is 0 Å². The number of halogens is 1. The fourth-order valence-electron chi connectivity index (χ4n) is 2.92. The minimum Gasteiger partial charge on any atom is -0.383 e. The number of guanidine groups is 1. The third-order valence-electron chi connectivity index (χ3n) is 4.51. The van der Waals surface area contributed by atoms with Gasteiger partial charge < -0.3 is 25.0 Å². The molecule has 9 heteroatoms. The molecule has 0 amide bonds. The topological polar surface area (TPSA) is 61.4 Å². The van der Waals surface area contributed by atoms with Crippen molar-refractivity contribution >= 4 is 41.3 Å². The Morgan fingerprint density at radius 3 is 2.78 bits per heavy atom. The second kappa shape index (κ2) is 14.5. The number of hydrogen-bond acceptors (Lipinski definition) is 6. The number of morpholine rings is 1. The van der Waals surface area contributed by atoms with Crippen LogP contribution in [0.1, 0.15) is 10.9 Å². The van der Waals surface area contributed by atoms with Gasteiger partial charge in [-0.15, -0.1) is 35.3 Å². The first-order chi connectivity index (χ1) is 12.7. The first-order valence-corrected chi connectivity index (χ1v) is 10.1. The Bertz CT molecular complexity index is 512. The van der Waals surface area contributed by atoms with Crippen LogP contribution in [-0.4, -0.2) is 96.1 Å². The van der Waals surface area contributed by atoms with Crippen molar-refractivity contribution in [2.75, 3.05) is 80.3 Å². The summed E-state index contributed by atoms with van der Waals surface area (Å²) < 4.78 is 10.6. The molecule has 27 heavy (non-hydrogen) atoms. The lowest BCUT2D eigenvalue weighted by Crippen LogP contribution is -2.47. The molecule has 1 saturated heterocycles. The number of hydrogen-bond donors (Lipinski definition) is 2. The van der Waals surface area contributed by atoms with Crippen molar-refractivity contribution in [3.8, 4) is 0 Å². The van der Waals surface area contributed by atoms with Crippen molar-refractivity contribution in [3.05, 3.63) is 22.4 Å². The second-order valence-corrected chi connectivity index (χ2v) is 7.33. The van der Waals surface area contributed by atoms with E-state index in [4.69, 9.17) is 9.47 Å². The fourth-order valence-corrected chi connectivity index (χ4v) is 3.78. The molecule has 1 aromatic heterocycles. The standard InChI is InChI=1S/C18H33N5O2S.HI/c1-19-18(20-6-7-22(2)8-11-24-3)21-15-16(17-5-4-14-26-17)23-9-12-25-13-10-23;/h4-5,14,16H,6-13,15H2,1-3H3,(H2,19,20,21);1H. The normalized spacial score (nSPS) is 16.8. The van der Waals surface area contributed by atoms with Crippen LogP contribution in [0.15, 0.2) is 22.5 Å². The fraction of sp³-hybridized carbons (Fsp3) is 0.722. The molecule has 1 aromatic rings. The number of methoxy groups -OCH3 is 1. The van der Waals surface area contributed by atoms with Gasteiger partial charge in [0, 0.05) is 58.3 Å².